The smallest absolute Gasteiger partial charge is 0.280 e. The molecule has 32 heavy (non-hydrogen) atoms. The van der Waals surface area contributed by atoms with E-state index in [4.69, 9.17) is 0 Å². The lowest BCUT2D eigenvalue weighted by atomic mass is 9.87. The van der Waals surface area contributed by atoms with E-state index in [1.54, 1.807) is 18.3 Å². The summed E-state index contributed by atoms with van der Waals surface area (Å²) in [4.78, 5) is 24.1. The summed E-state index contributed by atoms with van der Waals surface area (Å²) in [6, 6.07) is 4.99. The second kappa shape index (κ2) is 9.94. The Bertz CT molecular complexity index is 1020. The van der Waals surface area contributed by atoms with E-state index in [0.29, 0.717) is 27.9 Å². The summed E-state index contributed by atoms with van der Waals surface area (Å²) in [7, 11) is 0. The number of halogens is 1. The molecule has 2 heterocycles. The van der Waals surface area contributed by atoms with Crippen LogP contribution in [0.2, 0.25) is 0 Å². The molecule has 0 bridgehead atoms. The van der Waals surface area contributed by atoms with Crippen LogP contribution < -0.4 is 10.2 Å². The Morgan fingerprint density at radius 1 is 1.38 bits per heavy atom. The van der Waals surface area contributed by atoms with Crippen LogP contribution in [0, 0.1) is 5.82 Å². The predicted octanol–water partition coefficient (Wildman–Crippen LogP) is 6.47. The van der Waals surface area contributed by atoms with Crippen molar-refractivity contribution >= 4 is 39.8 Å². The highest BCUT2D eigenvalue weighted by molar-refractivity contribution is 7.17. The van der Waals surface area contributed by atoms with E-state index in [0.717, 1.165) is 36.9 Å². The lowest BCUT2D eigenvalue weighted by Crippen LogP contribution is -2.34. The molecule has 0 unspecified atom stereocenters. The minimum absolute atomic E-state index is 0.146. The first-order valence-corrected chi connectivity index (χ1v) is 12.1. The molecule has 7 heteroatoms. The highest BCUT2D eigenvalue weighted by Crippen LogP contribution is 2.45. The maximum atomic E-state index is 13.9. The second-order valence-corrected chi connectivity index (χ2v) is 9.86. The van der Waals surface area contributed by atoms with E-state index in [9.17, 15) is 9.18 Å². The molecule has 1 aromatic heterocycles. The number of aromatic nitrogens is 1. The quantitative estimate of drug-likeness (QED) is 0.440. The average Bonchev–Trinajstić information content (AvgIpc) is 3.27. The Morgan fingerprint density at radius 3 is 2.69 bits per heavy atom. The minimum Gasteiger partial charge on any atom is -0.347 e. The summed E-state index contributed by atoms with van der Waals surface area (Å²) in [6.45, 7) is 15.2. The molecule has 3 rings (SSSR count). The molecule has 0 saturated heterocycles. The number of hydrogen-bond acceptors (Lipinski definition) is 5. The van der Waals surface area contributed by atoms with Crippen LogP contribution in [0.15, 0.2) is 29.8 Å². The number of carbonyl (C=O) groups excluding carboxylic acids is 1. The maximum Gasteiger partial charge on any atom is 0.280 e. The maximum absolute atomic E-state index is 13.9. The van der Waals surface area contributed by atoms with Crippen molar-refractivity contribution in [2.45, 2.75) is 71.8 Å². The lowest BCUT2D eigenvalue weighted by Gasteiger charge is -2.23. The Labute approximate surface area is 194 Å². The summed E-state index contributed by atoms with van der Waals surface area (Å²) in [5, 5.41) is 4.17. The number of hydrogen-bond donors (Lipinski definition) is 1. The number of thiazole rings is 1. The predicted molar refractivity (Wildman–Crippen MR) is 133 cm³/mol. The molecule has 0 fully saturated rings. The van der Waals surface area contributed by atoms with E-state index in [1.165, 1.54) is 17.4 Å². The fourth-order valence-corrected chi connectivity index (χ4v) is 5.14. The lowest BCUT2D eigenvalue weighted by molar-refractivity contribution is 0.0932. The van der Waals surface area contributed by atoms with Crippen LogP contribution in [0.4, 0.5) is 15.1 Å². The van der Waals surface area contributed by atoms with Crippen molar-refractivity contribution < 1.29 is 9.18 Å². The van der Waals surface area contributed by atoms with Gasteiger partial charge in [-0.1, -0.05) is 58.5 Å². The van der Waals surface area contributed by atoms with Gasteiger partial charge in [-0.25, -0.2) is 14.4 Å². The second-order valence-electron chi connectivity index (χ2n) is 8.89. The van der Waals surface area contributed by atoms with Gasteiger partial charge < -0.3 is 10.2 Å². The number of fused-ring (bicyclic) bond motifs is 1. The van der Waals surface area contributed by atoms with Crippen LogP contribution in [0.1, 0.15) is 81.4 Å². The van der Waals surface area contributed by atoms with Crippen molar-refractivity contribution in [3.8, 4) is 0 Å². The van der Waals surface area contributed by atoms with Crippen molar-refractivity contribution in [3.05, 3.63) is 46.9 Å². The molecule has 1 aliphatic heterocycles. The molecule has 1 aromatic carbocycles. The molecule has 2 aromatic rings. The number of nitrogens with zero attached hydrogens (tertiary/aromatic N) is 3. The molecule has 1 N–H and O–H groups in total. The Morgan fingerprint density at radius 2 is 2.06 bits per heavy atom. The molecule has 1 amide bonds. The van der Waals surface area contributed by atoms with Crippen LogP contribution in [0.5, 0.6) is 0 Å². The summed E-state index contributed by atoms with van der Waals surface area (Å²) in [5.74, 6) is -0.417. The van der Waals surface area contributed by atoms with Gasteiger partial charge >= 0.3 is 0 Å². The Balaban J connectivity index is 1.92. The number of carbonyl (C=O) groups is 1. The number of anilines is 1. The summed E-state index contributed by atoms with van der Waals surface area (Å²) >= 11 is 1.27. The zero-order valence-corrected chi connectivity index (χ0v) is 20.5. The Kier molecular flexibility index (Phi) is 7.49. The normalized spacial score (nSPS) is 14.9. The monoisotopic (exact) mass is 456 g/mol. The van der Waals surface area contributed by atoms with Crippen LogP contribution in [-0.4, -0.2) is 29.7 Å². The zero-order valence-electron chi connectivity index (χ0n) is 19.7. The van der Waals surface area contributed by atoms with Gasteiger partial charge in [-0.2, -0.15) is 0 Å². The molecule has 0 spiro atoms. The minimum atomic E-state index is -0.248. The zero-order chi connectivity index (χ0) is 23.5. The SMILES string of the molecule is C=C(c1nc(C(=O)NC(CCC)CCC)sc1/N=C\C)N1CC(C)(C)c2cc(F)ccc21. The number of amides is 1. The van der Waals surface area contributed by atoms with E-state index >= 15 is 0 Å². The van der Waals surface area contributed by atoms with Crippen LogP contribution >= 0.6 is 11.3 Å². The fourth-order valence-electron chi connectivity index (χ4n) is 4.25. The van der Waals surface area contributed by atoms with E-state index in [1.807, 2.05) is 6.92 Å². The molecule has 172 valence electrons. The van der Waals surface area contributed by atoms with Gasteiger partial charge in [-0.3, -0.25) is 4.79 Å². The third kappa shape index (κ3) is 4.93. The van der Waals surface area contributed by atoms with E-state index < -0.39 is 0 Å². The van der Waals surface area contributed by atoms with Gasteiger partial charge in [0.1, 0.15) is 16.5 Å². The molecule has 1 aliphatic rings. The van der Waals surface area contributed by atoms with Gasteiger partial charge in [0, 0.05) is 29.9 Å². The summed E-state index contributed by atoms with van der Waals surface area (Å²) in [5.41, 5.74) is 2.87. The summed E-state index contributed by atoms with van der Waals surface area (Å²) in [6.07, 6.45) is 5.61. The van der Waals surface area contributed by atoms with Crippen LogP contribution in [0.3, 0.4) is 0 Å². The topological polar surface area (TPSA) is 57.6 Å². The van der Waals surface area contributed by atoms with Gasteiger partial charge in [0.25, 0.3) is 5.91 Å². The standard InChI is InChI=1S/C25H33FN4OS/c1-7-10-18(11-8-2)28-22(31)24-29-21(23(32-24)27-9-3)16(4)30-15-25(5,6)19-14-17(26)12-13-20(19)30/h9,12-14,18H,4,7-8,10-11,15H2,1-3,5-6H3,(H,28,31)/b27-9-. The average molecular weight is 457 g/mol. The van der Waals surface area contributed by atoms with Crippen LogP contribution in [-0.2, 0) is 5.41 Å². The number of rotatable bonds is 9. The molecule has 0 saturated carbocycles. The van der Waals surface area contributed by atoms with E-state index in [2.05, 4.69) is 54.5 Å². The third-order valence-corrected chi connectivity index (χ3v) is 6.75. The van der Waals surface area contributed by atoms with Crippen LogP contribution in [0.25, 0.3) is 5.70 Å². The molecule has 0 atom stereocenters. The fraction of sp³-hybridized carbons (Fsp3) is 0.480. The van der Waals surface area contributed by atoms with Crippen molar-refractivity contribution in [3.63, 3.8) is 0 Å². The van der Waals surface area contributed by atoms with Gasteiger partial charge in [-0.05, 0) is 43.5 Å². The molecule has 5 nitrogen and oxygen atoms in total. The summed E-state index contributed by atoms with van der Waals surface area (Å²) < 4.78 is 13.9. The molecular weight excluding hydrogens is 423 g/mol. The first-order chi connectivity index (χ1) is 15.2. The van der Waals surface area contributed by atoms with Gasteiger partial charge in [0.05, 0.1) is 5.70 Å². The first kappa shape index (κ1) is 24.1. The van der Waals surface area contributed by atoms with Crippen molar-refractivity contribution in [2.75, 3.05) is 11.4 Å². The highest BCUT2D eigenvalue weighted by Gasteiger charge is 2.37. The Hall–Kier alpha value is -2.54. The third-order valence-electron chi connectivity index (χ3n) is 5.79. The van der Waals surface area contributed by atoms with Crippen molar-refractivity contribution in [1.82, 2.24) is 10.3 Å². The van der Waals surface area contributed by atoms with Crippen molar-refractivity contribution in [2.24, 2.45) is 4.99 Å². The van der Waals surface area contributed by atoms with Gasteiger partial charge in [-0.15, -0.1) is 0 Å². The van der Waals surface area contributed by atoms with Gasteiger partial charge in [0.15, 0.2) is 5.01 Å². The highest BCUT2D eigenvalue weighted by atomic mass is 32.1. The first-order valence-electron chi connectivity index (χ1n) is 11.3. The van der Waals surface area contributed by atoms with Crippen molar-refractivity contribution in [1.29, 1.82) is 0 Å². The molecule has 0 radical (unpaired) electrons. The largest absolute Gasteiger partial charge is 0.347 e. The number of nitrogens with one attached hydrogen (secondary N) is 1. The number of benzene rings is 1. The molecule has 0 aliphatic carbocycles. The van der Waals surface area contributed by atoms with Gasteiger partial charge in [0.2, 0.25) is 0 Å². The molecular formula is C25H33FN4OS. The van der Waals surface area contributed by atoms with E-state index in [-0.39, 0.29) is 23.2 Å². The number of aliphatic imine (C=N–C) groups is 1.